The summed E-state index contributed by atoms with van der Waals surface area (Å²) >= 11 is 2.81. The lowest BCUT2D eigenvalue weighted by molar-refractivity contribution is 0.0953. The molecule has 0 saturated carbocycles. The largest absolute Gasteiger partial charge is 0.459 e. The molecule has 0 aliphatic carbocycles. The molecule has 0 aliphatic rings. The summed E-state index contributed by atoms with van der Waals surface area (Å²) in [5.74, 6) is 6.72. The lowest BCUT2D eigenvalue weighted by Gasteiger charge is -2.00. The molecule has 1 amide bonds. The second-order valence-corrected chi connectivity index (χ2v) is 6.24. The molecular formula is C13H12N4O2S2. The van der Waals surface area contributed by atoms with Gasteiger partial charge in [0.2, 0.25) is 0 Å². The number of hydrazine groups is 1. The van der Waals surface area contributed by atoms with E-state index in [1.54, 1.807) is 0 Å². The van der Waals surface area contributed by atoms with Gasteiger partial charge in [-0.1, -0.05) is 30.0 Å². The molecule has 0 radical (unpaired) electrons. The molecule has 2 aromatic heterocycles. The number of nitrogen functional groups attached to an aromatic ring is 1. The molecule has 3 aromatic rings. The highest BCUT2D eigenvalue weighted by Gasteiger charge is 2.20. The molecule has 0 bridgehead atoms. The van der Waals surface area contributed by atoms with Crippen molar-refractivity contribution in [2.24, 2.45) is 5.84 Å². The third-order valence-corrected chi connectivity index (χ3v) is 4.79. The number of amides is 1. The topological polar surface area (TPSA) is 94.0 Å². The Balaban J connectivity index is 1.95. The lowest BCUT2D eigenvalue weighted by Crippen LogP contribution is -2.30. The number of thioether (sulfide) groups is 1. The number of hydrogen-bond acceptors (Lipinski definition) is 7. The number of benzene rings is 1. The van der Waals surface area contributed by atoms with Gasteiger partial charge in [0.15, 0.2) is 4.34 Å². The van der Waals surface area contributed by atoms with Crippen molar-refractivity contribution in [1.82, 2.24) is 14.8 Å². The van der Waals surface area contributed by atoms with Gasteiger partial charge < -0.3 is 4.42 Å². The van der Waals surface area contributed by atoms with Gasteiger partial charge in [0.05, 0.1) is 11.3 Å². The normalized spacial score (nSPS) is 11.0. The van der Waals surface area contributed by atoms with Crippen molar-refractivity contribution in [3.05, 3.63) is 41.4 Å². The zero-order valence-electron chi connectivity index (χ0n) is 11.1. The Hall–Kier alpha value is -1.90. The van der Waals surface area contributed by atoms with Crippen LogP contribution < -0.4 is 11.3 Å². The van der Waals surface area contributed by atoms with Crippen molar-refractivity contribution in [2.75, 3.05) is 0 Å². The molecule has 21 heavy (non-hydrogen) atoms. The molecule has 0 fully saturated rings. The molecule has 1 aromatic carbocycles. The third-order valence-electron chi connectivity index (χ3n) is 2.86. The van der Waals surface area contributed by atoms with Crippen LogP contribution in [0.3, 0.4) is 0 Å². The van der Waals surface area contributed by atoms with Crippen LogP contribution in [0.1, 0.15) is 21.9 Å². The Kier molecular flexibility index (Phi) is 3.91. The van der Waals surface area contributed by atoms with Crippen LogP contribution in [0.2, 0.25) is 0 Å². The van der Waals surface area contributed by atoms with Crippen LogP contribution in [-0.4, -0.2) is 15.3 Å². The van der Waals surface area contributed by atoms with E-state index in [1.807, 2.05) is 31.2 Å². The average molecular weight is 320 g/mol. The van der Waals surface area contributed by atoms with E-state index in [-0.39, 0.29) is 5.91 Å². The summed E-state index contributed by atoms with van der Waals surface area (Å²) in [7, 11) is 0. The van der Waals surface area contributed by atoms with Crippen molar-refractivity contribution >= 4 is 40.2 Å². The van der Waals surface area contributed by atoms with E-state index < -0.39 is 0 Å². The summed E-state index contributed by atoms with van der Waals surface area (Å²) < 4.78 is 10.7. The van der Waals surface area contributed by atoms with Crippen LogP contribution in [-0.2, 0) is 5.75 Å². The Labute approximate surface area is 128 Å². The monoisotopic (exact) mass is 320 g/mol. The quantitative estimate of drug-likeness (QED) is 0.332. The van der Waals surface area contributed by atoms with E-state index in [9.17, 15) is 4.79 Å². The van der Waals surface area contributed by atoms with Crippen molar-refractivity contribution in [1.29, 1.82) is 0 Å². The summed E-state index contributed by atoms with van der Waals surface area (Å²) in [5, 5.41) is 0.754. The smallest absolute Gasteiger partial charge is 0.269 e. The second kappa shape index (κ2) is 5.84. The maximum Gasteiger partial charge on any atom is 0.269 e. The number of furan rings is 1. The van der Waals surface area contributed by atoms with Crippen LogP contribution in [0.25, 0.3) is 11.0 Å². The average Bonchev–Trinajstić information content (AvgIpc) is 3.07. The number of carbonyl (C=O) groups is 1. The highest BCUT2D eigenvalue weighted by Crippen LogP contribution is 2.31. The fourth-order valence-corrected chi connectivity index (χ4v) is 3.56. The molecule has 0 unspecified atom stereocenters. The van der Waals surface area contributed by atoms with Crippen LogP contribution in [0.4, 0.5) is 0 Å². The first-order chi connectivity index (χ1) is 10.2. The number of aryl methyl sites for hydroxylation is 1. The maximum absolute atomic E-state index is 12.0. The molecule has 0 spiro atoms. The predicted octanol–water partition coefficient (Wildman–Crippen LogP) is 2.49. The van der Waals surface area contributed by atoms with Gasteiger partial charge in [-0.2, -0.15) is 4.37 Å². The highest BCUT2D eigenvalue weighted by molar-refractivity contribution is 8.00. The number of rotatable bonds is 4. The first kappa shape index (κ1) is 14.1. The highest BCUT2D eigenvalue weighted by atomic mass is 32.2. The fourth-order valence-electron chi connectivity index (χ4n) is 1.98. The lowest BCUT2D eigenvalue weighted by atomic mass is 10.1. The second-order valence-electron chi connectivity index (χ2n) is 4.27. The van der Waals surface area contributed by atoms with E-state index in [0.717, 1.165) is 15.6 Å². The van der Waals surface area contributed by atoms with Gasteiger partial charge in [-0.05, 0) is 24.5 Å². The number of fused-ring (bicyclic) bond motifs is 1. The van der Waals surface area contributed by atoms with Crippen molar-refractivity contribution < 1.29 is 9.21 Å². The van der Waals surface area contributed by atoms with Crippen LogP contribution >= 0.6 is 23.3 Å². The first-order valence-electron chi connectivity index (χ1n) is 6.13. The van der Waals surface area contributed by atoms with E-state index in [2.05, 4.69) is 14.8 Å². The predicted molar refractivity (Wildman–Crippen MR) is 82.1 cm³/mol. The summed E-state index contributed by atoms with van der Waals surface area (Å²) in [6, 6.07) is 7.38. The third kappa shape index (κ3) is 2.78. The van der Waals surface area contributed by atoms with Gasteiger partial charge in [0, 0.05) is 5.39 Å². The number of nitrogens with zero attached hydrogens (tertiary/aromatic N) is 2. The van der Waals surface area contributed by atoms with Crippen LogP contribution in [0.15, 0.2) is 33.0 Å². The minimum absolute atomic E-state index is 0.357. The standard InChI is InChI=1S/C13H12N4O2S2/c1-7-15-13(21-17-7)20-6-10-11(12(18)16-14)8-4-2-3-5-9(8)19-10/h2-5H,6,14H2,1H3,(H,16,18). The summed E-state index contributed by atoms with van der Waals surface area (Å²) in [6.07, 6.45) is 0. The van der Waals surface area contributed by atoms with E-state index in [0.29, 0.717) is 22.7 Å². The fraction of sp³-hybridized carbons (Fsp3) is 0.154. The Bertz CT molecular complexity index is 796. The summed E-state index contributed by atoms with van der Waals surface area (Å²) in [5.41, 5.74) is 3.31. The molecule has 3 N–H and O–H groups in total. The van der Waals surface area contributed by atoms with E-state index >= 15 is 0 Å². The van der Waals surface area contributed by atoms with Crippen molar-refractivity contribution in [2.45, 2.75) is 17.0 Å². The van der Waals surface area contributed by atoms with Gasteiger partial charge in [-0.25, -0.2) is 10.8 Å². The summed E-state index contributed by atoms with van der Waals surface area (Å²) in [4.78, 5) is 16.3. The molecule has 3 rings (SSSR count). The molecule has 8 heteroatoms. The number of nitrogens with one attached hydrogen (secondary N) is 1. The number of aromatic nitrogens is 2. The van der Waals surface area contributed by atoms with Crippen LogP contribution in [0, 0.1) is 6.92 Å². The maximum atomic E-state index is 12.0. The van der Waals surface area contributed by atoms with Crippen LogP contribution in [0.5, 0.6) is 0 Å². The summed E-state index contributed by atoms with van der Waals surface area (Å²) in [6.45, 7) is 1.84. The number of hydrogen-bond donors (Lipinski definition) is 2. The molecule has 6 nitrogen and oxygen atoms in total. The minimum Gasteiger partial charge on any atom is -0.459 e. The first-order valence-corrected chi connectivity index (χ1v) is 7.89. The molecule has 2 heterocycles. The molecule has 0 aliphatic heterocycles. The Morgan fingerprint density at radius 1 is 1.48 bits per heavy atom. The Morgan fingerprint density at radius 2 is 2.29 bits per heavy atom. The minimum atomic E-state index is -0.357. The Morgan fingerprint density at radius 3 is 3.00 bits per heavy atom. The van der Waals surface area contributed by atoms with Gasteiger partial charge >= 0.3 is 0 Å². The molecular weight excluding hydrogens is 308 g/mol. The van der Waals surface area contributed by atoms with Gasteiger partial charge in [0.25, 0.3) is 5.91 Å². The van der Waals surface area contributed by atoms with E-state index in [4.69, 9.17) is 10.3 Å². The molecule has 0 saturated heterocycles. The zero-order valence-corrected chi connectivity index (χ0v) is 12.8. The van der Waals surface area contributed by atoms with Gasteiger partial charge in [-0.15, -0.1) is 0 Å². The number of carbonyl (C=O) groups excluding carboxylic acids is 1. The van der Waals surface area contributed by atoms with Crippen molar-refractivity contribution in [3.8, 4) is 0 Å². The van der Waals surface area contributed by atoms with Gasteiger partial charge in [0.1, 0.15) is 17.2 Å². The SMILES string of the molecule is Cc1nsc(SCc2oc3ccccc3c2C(=O)NN)n1. The molecule has 108 valence electrons. The van der Waals surface area contributed by atoms with Crippen molar-refractivity contribution in [3.63, 3.8) is 0 Å². The number of para-hydroxylation sites is 1. The zero-order chi connectivity index (χ0) is 14.8. The van der Waals surface area contributed by atoms with E-state index in [1.165, 1.54) is 23.3 Å². The number of nitrogens with two attached hydrogens (primary N) is 1. The molecule has 0 atom stereocenters. The van der Waals surface area contributed by atoms with Gasteiger partial charge in [-0.3, -0.25) is 10.2 Å².